The first-order valence-corrected chi connectivity index (χ1v) is 17.4. The monoisotopic (exact) mass is 702 g/mol. The van der Waals surface area contributed by atoms with Crippen LogP contribution in [0.1, 0.15) is 66.8 Å². The normalized spacial score (nSPS) is 9.86. The van der Waals surface area contributed by atoms with E-state index in [4.69, 9.17) is 0 Å². The molecule has 0 bridgehead atoms. The van der Waals surface area contributed by atoms with Crippen molar-refractivity contribution in [3.63, 3.8) is 0 Å². The molecular weight excluding hydrogens is 681 g/mol. The minimum absolute atomic E-state index is 0.565. The fourth-order valence-electron chi connectivity index (χ4n) is 6.48. The van der Waals surface area contributed by atoms with Crippen LogP contribution < -0.4 is 0 Å². The Bertz CT molecular complexity index is 2870. The number of hydrogen-bond donors (Lipinski definition) is 0. The smallest absolute Gasteiger partial charge is 0.0991 e. The zero-order valence-electron chi connectivity index (χ0n) is 29.5. The van der Waals surface area contributed by atoms with E-state index in [1.54, 1.807) is 48.5 Å². The van der Waals surface area contributed by atoms with Gasteiger partial charge in [0.05, 0.1) is 46.5 Å². The summed E-state index contributed by atoms with van der Waals surface area (Å²) in [5.41, 5.74) is 8.54. The molecule has 250 valence electrons. The first kappa shape index (κ1) is 34.1. The van der Waals surface area contributed by atoms with Gasteiger partial charge in [0, 0.05) is 44.5 Å². The highest BCUT2D eigenvalue weighted by Crippen LogP contribution is 2.40. The van der Waals surface area contributed by atoms with Gasteiger partial charge in [0.15, 0.2) is 0 Å². The Morgan fingerprint density at radius 3 is 0.625 bits per heavy atom. The number of nitrogens with zero attached hydrogens (tertiary/aromatic N) is 4. The second-order valence-electron chi connectivity index (χ2n) is 12.8. The predicted octanol–water partition coefficient (Wildman–Crippen LogP) is 9.67. The fourth-order valence-corrected chi connectivity index (χ4v) is 6.48. The second-order valence-corrected chi connectivity index (χ2v) is 12.8. The van der Waals surface area contributed by atoms with Crippen molar-refractivity contribution in [2.45, 2.75) is 0 Å². The highest BCUT2D eigenvalue weighted by Gasteiger charge is 2.17. The molecule has 0 atom stereocenters. The Hall–Kier alpha value is -9.00. The van der Waals surface area contributed by atoms with Crippen molar-refractivity contribution in [2.75, 3.05) is 0 Å². The maximum Gasteiger partial charge on any atom is 0.0991 e. The number of hydrogen-bond acceptors (Lipinski definition) is 4. The molecule has 4 nitrogen and oxygen atoms in total. The molecule has 0 aliphatic carbocycles. The maximum atomic E-state index is 9.29. The molecule has 0 amide bonds. The van der Waals surface area contributed by atoms with Crippen LogP contribution in [0.25, 0.3) is 32.3 Å². The van der Waals surface area contributed by atoms with E-state index in [2.05, 4.69) is 95.9 Å². The Labute approximate surface area is 324 Å². The minimum atomic E-state index is 0.565. The summed E-state index contributed by atoms with van der Waals surface area (Å²) in [6.07, 6.45) is 0. The zero-order chi connectivity index (χ0) is 38.4. The first-order chi connectivity index (χ1) is 27.5. The summed E-state index contributed by atoms with van der Waals surface area (Å²) in [6, 6.07) is 49.7. The Kier molecular flexibility index (Phi) is 9.09. The lowest BCUT2D eigenvalue weighted by Crippen LogP contribution is -1.95. The van der Waals surface area contributed by atoms with Crippen LogP contribution in [-0.2, 0) is 0 Å². The fraction of sp³-hybridized carbons (Fsp3) is 0. The van der Waals surface area contributed by atoms with Gasteiger partial charge in [-0.15, -0.1) is 0 Å². The molecule has 8 aromatic rings. The SMILES string of the molecule is N#Cc1ccc(C#Cc2cc(C#Cc3ccc(C#N)cc3)c3ccc4c(C#Cc5ccc(C#N)cc5)cc(C#Cc5ccc(C#N)cc5)c5ccc2c3c54)cc1. The van der Waals surface area contributed by atoms with Crippen LogP contribution in [0.2, 0.25) is 0 Å². The van der Waals surface area contributed by atoms with E-state index >= 15 is 0 Å². The van der Waals surface area contributed by atoms with E-state index in [0.29, 0.717) is 22.3 Å². The topological polar surface area (TPSA) is 95.2 Å². The third-order valence-corrected chi connectivity index (χ3v) is 9.32. The van der Waals surface area contributed by atoms with Crippen LogP contribution in [0, 0.1) is 92.7 Å². The van der Waals surface area contributed by atoms with Gasteiger partial charge in [-0.25, -0.2) is 0 Å². The van der Waals surface area contributed by atoms with Crippen LogP contribution in [0.4, 0.5) is 0 Å². The maximum absolute atomic E-state index is 9.29. The van der Waals surface area contributed by atoms with Crippen LogP contribution in [0.3, 0.4) is 0 Å². The molecule has 0 aliphatic heterocycles. The van der Waals surface area contributed by atoms with Gasteiger partial charge < -0.3 is 0 Å². The third-order valence-electron chi connectivity index (χ3n) is 9.32. The van der Waals surface area contributed by atoms with Crippen molar-refractivity contribution in [1.29, 1.82) is 21.0 Å². The summed E-state index contributed by atoms with van der Waals surface area (Å²) in [5.74, 6) is 26.8. The molecule has 0 N–H and O–H groups in total. The van der Waals surface area contributed by atoms with Crippen LogP contribution in [-0.4, -0.2) is 0 Å². The molecule has 0 fully saturated rings. The molecular formula is C52H22N4. The van der Waals surface area contributed by atoms with Crippen LogP contribution in [0.5, 0.6) is 0 Å². The lowest BCUT2D eigenvalue weighted by Gasteiger charge is -2.16. The summed E-state index contributed by atoms with van der Waals surface area (Å²) < 4.78 is 0. The number of nitriles is 4. The van der Waals surface area contributed by atoms with E-state index in [1.807, 2.05) is 60.7 Å². The molecule has 0 saturated carbocycles. The summed E-state index contributed by atoms with van der Waals surface area (Å²) in [4.78, 5) is 0. The van der Waals surface area contributed by atoms with Crippen LogP contribution >= 0.6 is 0 Å². The van der Waals surface area contributed by atoms with Crippen molar-refractivity contribution in [1.82, 2.24) is 0 Å². The van der Waals surface area contributed by atoms with Gasteiger partial charge in [0.2, 0.25) is 0 Å². The standard InChI is InChI=1S/C52H22N4/c53-31-39-9-1-35(2-10-39)17-21-43-29-44(22-18-36-3-11-40(32-54)12-4-36)48-27-28-50-46(24-20-38-7-15-42(34-56)16-8-38)30-45(49-26-25-47(43)51(48)52(49)50)23-19-37-5-13-41(33-55)14-6-37/h1-16,25-30H. The summed E-state index contributed by atoms with van der Waals surface area (Å²) in [6.45, 7) is 0. The molecule has 0 saturated heterocycles. The van der Waals surface area contributed by atoms with Gasteiger partial charge in [-0.2, -0.15) is 21.0 Å². The summed E-state index contributed by atoms with van der Waals surface area (Å²) >= 11 is 0. The average Bonchev–Trinajstić information content (AvgIpc) is 3.26. The average molecular weight is 703 g/mol. The van der Waals surface area contributed by atoms with Crippen molar-refractivity contribution >= 4 is 32.3 Å². The molecule has 8 rings (SSSR count). The van der Waals surface area contributed by atoms with Gasteiger partial charge in [-0.05, 0) is 142 Å². The largest absolute Gasteiger partial charge is 0.192 e. The lowest BCUT2D eigenvalue weighted by atomic mass is 9.86. The van der Waals surface area contributed by atoms with E-state index < -0.39 is 0 Å². The summed E-state index contributed by atoms with van der Waals surface area (Å²) in [5, 5.41) is 42.9. The number of benzene rings is 8. The third kappa shape index (κ3) is 6.82. The first-order valence-electron chi connectivity index (χ1n) is 17.4. The second kappa shape index (κ2) is 14.9. The molecule has 0 heterocycles. The van der Waals surface area contributed by atoms with E-state index in [1.165, 1.54) is 0 Å². The molecule has 0 spiro atoms. The van der Waals surface area contributed by atoms with Gasteiger partial charge in [-0.3, -0.25) is 0 Å². The lowest BCUT2D eigenvalue weighted by molar-refractivity contribution is 1.48. The van der Waals surface area contributed by atoms with E-state index in [0.717, 1.165) is 76.8 Å². The Morgan fingerprint density at radius 2 is 0.429 bits per heavy atom. The molecule has 0 aromatic heterocycles. The van der Waals surface area contributed by atoms with Gasteiger partial charge >= 0.3 is 0 Å². The van der Waals surface area contributed by atoms with Crippen molar-refractivity contribution < 1.29 is 0 Å². The number of rotatable bonds is 0. The van der Waals surface area contributed by atoms with Crippen molar-refractivity contribution in [2.24, 2.45) is 0 Å². The van der Waals surface area contributed by atoms with E-state index in [-0.39, 0.29) is 0 Å². The molecule has 8 aromatic carbocycles. The molecule has 0 radical (unpaired) electrons. The Morgan fingerprint density at radius 1 is 0.232 bits per heavy atom. The van der Waals surface area contributed by atoms with Gasteiger partial charge in [0.25, 0.3) is 0 Å². The van der Waals surface area contributed by atoms with Gasteiger partial charge in [0.1, 0.15) is 0 Å². The van der Waals surface area contributed by atoms with Crippen LogP contribution in [0.15, 0.2) is 133 Å². The molecule has 56 heavy (non-hydrogen) atoms. The predicted molar refractivity (Wildman–Crippen MR) is 219 cm³/mol. The van der Waals surface area contributed by atoms with E-state index in [9.17, 15) is 21.0 Å². The quantitative estimate of drug-likeness (QED) is 0.116. The van der Waals surface area contributed by atoms with Gasteiger partial charge in [-0.1, -0.05) is 71.6 Å². The zero-order valence-corrected chi connectivity index (χ0v) is 29.5. The van der Waals surface area contributed by atoms with Crippen molar-refractivity contribution in [3.8, 4) is 71.6 Å². The van der Waals surface area contributed by atoms with Crippen molar-refractivity contribution in [3.05, 3.63) is 200 Å². The molecule has 0 aliphatic rings. The highest BCUT2D eigenvalue weighted by atomic mass is 14.2. The molecule has 0 unspecified atom stereocenters. The Balaban J connectivity index is 1.40. The summed E-state index contributed by atoms with van der Waals surface area (Å²) in [7, 11) is 0. The highest BCUT2D eigenvalue weighted by molar-refractivity contribution is 6.26. The molecule has 4 heteroatoms. The minimum Gasteiger partial charge on any atom is -0.192 e.